The smallest absolute Gasteiger partial charge is 0.362 e. The van der Waals surface area contributed by atoms with E-state index in [-0.39, 0.29) is 0 Å². The number of allylic oxidation sites excluding steroid dienone is 1. The summed E-state index contributed by atoms with van der Waals surface area (Å²) in [5, 5.41) is 0. The fourth-order valence-electron chi connectivity index (χ4n) is 2.05. The van der Waals surface area contributed by atoms with Crippen molar-refractivity contribution in [3.8, 4) is 0 Å². The number of carbonyl (C=O) groups excluding carboxylic acids is 3. The van der Waals surface area contributed by atoms with Gasteiger partial charge in [-0.25, -0.2) is 9.59 Å². The molecular weight excluding hydrogens is 240 g/mol. The van der Waals surface area contributed by atoms with Crippen LogP contribution in [0.3, 0.4) is 0 Å². The summed E-state index contributed by atoms with van der Waals surface area (Å²) in [6.45, 7) is 1.12. The fourth-order valence-corrected chi connectivity index (χ4v) is 2.05. The van der Waals surface area contributed by atoms with Crippen LogP contribution in [0.5, 0.6) is 0 Å². The summed E-state index contributed by atoms with van der Waals surface area (Å²) in [7, 11) is 2.25. The van der Waals surface area contributed by atoms with Gasteiger partial charge in [0.25, 0.3) is 0 Å². The highest BCUT2D eigenvalue weighted by molar-refractivity contribution is 6.05. The van der Waals surface area contributed by atoms with Crippen LogP contribution in [0.2, 0.25) is 0 Å². The molecule has 0 aromatic rings. The van der Waals surface area contributed by atoms with Gasteiger partial charge in [0, 0.05) is 12.8 Å². The Labute approximate surface area is 105 Å². The predicted molar refractivity (Wildman–Crippen MR) is 60.4 cm³/mol. The van der Waals surface area contributed by atoms with E-state index in [0.29, 0.717) is 12.8 Å². The first-order valence-electron chi connectivity index (χ1n) is 5.52. The van der Waals surface area contributed by atoms with Crippen LogP contribution in [0.1, 0.15) is 19.8 Å². The number of methoxy groups -OCH3 is 2. The zero-order valence-electron chi connectivity index (χ0n) is 10.6. The second-order valence-electron chi connectivity index (χ2n) is 3.92. The van der Waals surface area contributed by atoms with Crippen molar-refractivity contribution in [3.63, 3.8) is 0 Å². The number of esters is 3. The first kappa shape index (κ1) is 14.2. The van der Waals surface area contributed by atoms with E-state index < -0.39 is 29.4 Å². The van der Waals surface area contributed by atoms with Gasteiger partial charge in [-0.3, -0.25) is 4.79 Å². The Morgan fingerprint density at radius 1 is 1.17 bits per heavy atom. The summed E-state index contributed by atoms with van der Waals surface area (Å²) in [4.78, 5) is 35.0. The molecule has 1 aliphatic rings. The van der Waals surface area contributed by atoms with Gasteiger partial charge in [-0.05, 0) is 12.8 Å². The standard InChI is InChI=1S/C12H16O6/c1-8(13)18-12(10(14)16-2,11(15)17-3)9-6-4-5-7-9/h4,6,9H,5,7H2,1-3H3. The van der Waals surface area contributed by atoms with Crippen molar-refractivity contribution < 1.29 is 28.6 Å². The van der Waals surface area contributed by atoms with Crippen LogP contribution in [0.4, 0.5) is 0 Å². The Bertz CT molecular complexity index is 368. The molecule has 0 spiro atoms. The Kier molecular flexibility index (Phi) is 4.47. The number of carbonyl (C=O) groups is 3. The maximum absolute atomic E-state index is 11.9. The Morgan fingerprint density at radius 3 is 2.06 bits per heavy atom. The average Bonchev–Trinajstić information content (AvgIpc) is 2.87. The monoisotopic (exact) mass is 256 g/mol. The molecule has 0 bridgehead atoms. The molecule has 100 valence electrons. The molecule has 18 heavy (non-hydrogen) atoms. The first-order valence-corrected chi connectivity index (χ1v) is 5.52. The molecule has 6 nitrogen and oxygen atoms in total. The van der Waals surface area contributed by atoms with Crippen molar-refractivity contribution in [3.05, 3.63) is 12.2 Å². The van der Waals surface area contributed by atoms with Crippen molar-refractivity contribution in [1.82, 2.24) is 0 Å². The van der Waals surface area contributed by atoms with Crippen LogP contribution in [-0.2, 0) is 28.6 Å². The largest absolute Gasteiger partial charge is 0.466 e. The molecule has 6 heteroatoms. The van der Waals surface area contributed by atoms with Gasteiger partial charge < -0.3 is 14.2 Å². The highest BCUT2D eigenvalue weighted by Crippen LogP contribution is 2.34. The van der Waals surface area contributed by atoms with Crippen LogP contribution >= 0.6 is 0 Å². The molecule has 0 heterocycles. The van der Waals surface area contributed by atoms with Crippen molar-refractivity contribution >= 4 is 17.9 Å². The van der Waals surface area contributed by atoms with Gasteiger partial charge in [0.2, 0.25) is 0 Å². The molecule has 0 radical (unpaired) electrons. The number of hydrogen-bond acceptors (Lipinski definition) is 6. The lowest BCUT2D eigenvalue weighted by Crippen LogP contribution is -2.56. The molecule has 0 saturated carbocycles. The summed E-state index contributed by atoms with van der Waals surface area (Å²) in [6, 6.07) is 0. The highest BCUT2D eigenvalue weighted by atomic mass is 16.6. The lowest BCUT2D eigenvalue weighted by molar-refractivity contribution is -0.198. The maximum atomic E-state index is 11.9. The third-order valence-electron chi connectivity index (χ3n) is 2.82. The number of ether oxygens (including phenoxy) is 3. The van der Waals surface area contributed by atoms with E-state index in [1.54, 1.807) is 6.08 Å². The predicted octanol–water partition coefficient (Wildman–Crippen LogP) is 0.600. The first-order chi connectivity index (χ1) is 8.48. The van der Waals surface area contributed by atoms with Crippen LogP contribution in [0, 0.1) is 5.92 Å². The minimum absolute atomic E-state index is 0.511. The molecule has 1 rings (SSSR count). The van der Waals surface area contributed by atoms with Gasteiger partial charge in [-0.2, -0.15) is 0 Å². The molecular formula is C12H16O6. The van der Waals surface area contributed by atoms with Gasteiger partial charge in [-0.1, -0.05) is 12.2 Å². The number of rotatable bonds is 4. The van der Waals surface area contributed by atoms with E-state index in [2.05, 4.69) is 9.47 Å². The van der Waals surface area contributed by atoms with Crippen molar-refractivity contribution in [2.24, 2.45) is 5.92 Å². The lowest BCUT2D eigenvalue weighted by atomic mass is 9.86. The maximum Gasteiger partial charge on any atom is 0.362 e. The molecule has 0 amide bonds. The topological polar surface area (TPSA) is 78.9 Å². The summed E-state index contributed by atoms with van der Waals surface area (Å²) in [5.41, 5.74) is -2.04. The van der Waals surface area contributed by atoms with Crippen LogP contribution < -0.4 is 0 Å². The molecule has 0 aromatic carbocycles. The van der Waals surface area contributed by atoms with Crippen molar-refractivity contribution in [2.45, 2.75) is 25.4 Å². The van der Waals surface area contributed by atoms with E-state index in [1.165, 1.54) is 0 Å². The molecule has 0 N–H and O–H groups in total. The van der Waals surface area contributed by atoms with E-state index in [4.69, 9.17) is 4.74 Å². The molecule has 0 fully saturated rings. The van der Waals surface area contributed by atoms with E-state index in [1.807, 2.05) is 6.08 Å². The van der Waals surface area contributed by atoms with Crippen LogP contribution in [0.15, 0.2) is 12.2 Å². The van der Waals surface area contributed by atoms with Gasteiger partial charge in [0.05, 0.1) is 14.2 Å². The van der Waals surface area contributed by atoms with Crippen molar-refractivity contribution in [2.75, 3.05) is 14.2 Å². The molecule has 0 aliphatic heterocycles. The van der Waals surface area contributed by atoms with E-state index in [0.717, 1.165) is 21.1 Å². The summed E-state index contributed by atoms with van der Waals surface area (Å²) >= 11 is 0. The quantitative estimate of drug-likeness (QED) is 0.317. The normalized spacial score (nSPS) is 18.3. The minimum atomic E-state index is -2.04. The lowest BCUT2D eigenvalue weighted by Gasteiger charge is -2.31. The Balaban J connectivity index is 3.23. The fraction of sp³-hybridized carbons (Fsp3) is 0.583. The zero-order chi connectivity index (χ0) is 13.8. The van der Waals surface area contributed by atoms with Crippen LogP contribution in [-0.4, -0.2) is 37.7 Å². The van der Waals surface area contributed by atoms with Gasteiger partial charge in [0.15, 0.2) is 0 Å². The third kappa shape index (κ3) is 2.37. The number of hydrogen-bond donors (Lipinski definition) is 0. The average molecular weight is 256 g/mol. The van der Waals surface area contributed by atoms with Gasteiger partial charge in [-0.15, -0.1) is 0 Å². The molecule has 0 saturated heterocycles. The second-order valence-corrected chi connectivity index (χ2v) is 3.92. The summed E-state index contributed by atoms with van der Waals surface area (Å²) < 4.78 is 14.2. The SMILES string of the molecule is COC(=O)C(OC(C)=O)(C(=O)OC)C1C=CCC1. The van der Waals surface area contributed by atoms with Gasteiger partial charge in [0.1, 0.15) is 0 Å². The molecule has 1 unspecified atom stereocenters. The molecule has 1 aliphatic carbocycles. The summed E-state index contributed by atoms with van der Waals surface area (Å²) in [5.74, 6) is -3.17. The van der Waals surface area contributed by atoms with E-state index >= 15 is 0 Å². The molecule has 0 aromatic heterocycles. The molecule has 1 atom stereocenters. The minimum Gasteiger partial charge on any atom is -0.466 e. The van der Waals surface area contributed by atoms with Crippen molar-refractivity contribution in [1.29, 1.82) is 0 Å². The van der Waals surface area contributed by atoms with E-state index in [9.17, 15) is 14.4 Å². The van der Waals surface area contributed by atoms with Gasteiger partial charge >= 0.3 is 23.5 Å². The van der Waals surface area contributed by atoms with Crippen LogP contribution in [0.25, 0.3) is 0 Å². The highest BCUT2D eigenvalue weighted by Gasteiger charge is 2.57. The zero-order valence-corrected chi connectivity index (χ0v) is 10.6. The Morgan fingerprint density at radius 2 is 1.72 bits per heavy atom. The Hall–Kier alpha value is -1.85. The summed E-state index contributed by atoms with van der Waals surface area (Å²) in [6.07, 6.45) is 4.69. The second kappa shape index (κ2) is 5.66. The third-order valence-corrected chi connectivity index (χ3v) is 2.82.